The Morgan fingerprint density at radius 1 is 0.968 bits per heavy atom. The van der Waals surface area contributed by atoms with Gasteiger partial charge in [-0.05, 0) is 49.1 Å². The smallest absolute Gasteiger partial charge is 0.338 e. The molecule has 0 fully saturated rings. The number of hydrogen-bond acceptors (Lipinski definition) is 3. The number of methoxy groups -OCH3 is 1. The molecule has 0 amide bonds. The van der Waals surface area contributed by atoms with Gasteiger partial charge in [-0.25, -0.2) is 4.79 Å². The summed E-state index contributed by atoms with van der Waals surface area (Å²) in [7, 11) is 1.44. The summed E-state index contributed by atoms with van der Waals surface area (Å²) in [6.07, 6.45) is 2.15. The molecular formula is C27H34N2O2. The van der Waals surface area contributed by atoms with E-state index in [4.69, 9.17) is 4.74 Å². The normalized spacial score (nSPS) is 12.4. The van der Waals surface area contributed by atoms with Crippen molar-refractivity contribution in [3.8, 4) is 0 Å². The average molecular weight is 419 g/mol. The van der Waals surface area contributed by atoms with Crippen molar-refractivity contribution in [2.75, 3.05) is 7.11 Å². The first-order valence-electron chi connectivity index (χ1n) is 11.0. The molecule has 0 unspecified atom stereocenters. The van der Waals surface area contributed by atoms with Crippen LogP contribution in [-0.4, -0.2) is 28.6 Å². The van der Waals surface area contributed by atoms with E-state index in [1.807, 2.05) is 24.3 Å². The fourth-order valence-corrected chi connectivity index (χ4v) is 3.80. The van der Waals surface area contributed by atoms with E-state index >= 15 is 0 Å². The van der Waals surface area contributed by atoms with Crippen molar-refractivity contribution in [2.24, 2.45) is 5.92 Å². The van der Waals surface area contributed by atoms with Crippen molar-refractivity contribution >= 4 is 5.97 Å². The molecule has 3 rings (SSSR count). The fourth-order valence-electron chi connectivity index (χ4n) is 3.80. The van der Waals surface area contributed by atoms with E-state index in [0.717, 1.165) is 18.7 Å². The van der Waals surface area contributed by atoms with Crippen LogP contribution in [0.5, 0.6) is 0 Å². The Balaban J connectivity index is 1.84. The topological polar surface area (TPSA) is 34.5 Å². The third kappa shape index (κ3) is 5.86. The molecule has 0 saturated heterocycles. The van der Waals surface area contributed by atoms with Crippen LogP contribution >= 0.6 is 0 Å². The van der Waals surface area contributed by atoms with E-state index in [1.165, 1.54) is 23.9 Å². The van der Waals surface area contributed by atoms with Gasteiger partial charge in [0.15, 0.2) is 0 Å². The SMILES string of the molecule is COC(=O)c1ccccc1CN(Cc1cccn1Cc1ccc(C)cc1)[C@@H](C)C(C)C. The molecule has 164 valence electrons. The molecular weight excluding hydrogens is 384 g/mol. The standard InChI is InChI=1S/C27H34N2O2/c1-20(2)22(4)29(18-24-9-6-7-11-26(24)27(30)31-5)19-25-10-8-16-28(25)17-23-14-12-21(3)13-15-23/h6-16,20,22H,17-19H2,1-5H3/t22-/m0/s1. The van der Waals surface area contributed by atoms with E-state index < -0.39 is 0 Å². The largest absolute Gasteiger partial charge is 0.465 e. The monoisotopic (exact) mass is 418 g/mol. The van der Waals surface area contributed by atoms with Gasteiger partial charge in [-0.1, -0.05) is 61.9 Å². The van der Waals surface area contributed by atoms with E-state index in [9.17, 15) is 4.79 Å². The van der Waals surface area contributed by atoms with Crippen molar-refractivity contribution < 1.29 is 9.53 Å². The first-order valence-corrected chi connectivity index (χ1v) is 11.0. The van der Waals surface area contributed by atoms with E-state index in [2.05, 4.69) is 79.8 Å². The first kappa shape index (κ1) is 22.8. The summed E-state index contributed by atoms with van der Waals surface area (Å²) in [6.45, 7) is 11.2. The summed E-state index contributed by atoms with van der Waals surface area (Å²) in [5.41, 5.74) is 5.48. The Morgan fingerprint density at radius 3 is 2.35 bits per heavy atom. The zero-order valence-corrected chi connectivity index (χ0v) is 19.3. The Hall–Kier alpha value is -2.85. The molecule has 0 bridgehead atoms. The second kappa shape index (κ2) is 10.5. The van der Waals surface area contributed by atoms with Crippen LogP contribution in [0.4, 0.5) is 0 Å². The van der Waals surface area contributed by atoms with Gasteiger partial charge in [0.1, 0.15) is 0 Å². The van der Waals surface area contributed by atoms with Crippen LogP contribution < -0.4 is 0 Å². The average Bonchev–Trinajstić information content (AvgIpc) is 3.20. The van der Waals surface area contributed by atoms with Gasteiger partial charge in [-0.15, -0.1) is 0 Å². The number of nitrogens with zero attached hydrogens (tertiary/aromatic N) is 2. The quantitative estimate of drug-likeness (QED) is 0.419. The summed E-state index contributed by atoms with van der Waals surface area (Å²) in [4.78, 5) is 14.7. The molecule has 3 aromatic rings. The summed E-state index contributed by atoms with van der Waals surface area (Å²) in [5.74, 6) is 0.210. The minimum atomic E-state index is -0.282. The second-order valence-corrected chi connectivity index (χ2v) is 8.65. The lowest BCUT2D eigenvalue weighted by Gasteiger charge is -2.32. The molecule has 1 atom stereocenters. The van der Waals surface area contributed by atoms with Gasteiger partial charge in [0.25, 0.3) is 0 Å². The van der Waals surface area contributed by atoms with E-state index in [0.29, 0.717) is 24.1 Å². The highest BCUT2D eigenvalue weighted by Gasteiger charge is 2.21. The maximum Gasteiger partial charge on any atom is 0.338 e. The predicted molar refractivity (Wildman–Crippen MR) is 126 cm³/mol. The predicted octanol–water partition coefficient (Wildman–Crippen LogP) is 5.68. The van der Waals surface area contributed by atoms with Gasteiger partial charge in [0.05, 0.1) is 12.7 Å². The third-order valence-electron chi connectivity index (χ3n) is 6.10. The van der Waals surface area contributed by atoms with Crippen molar-refractivity contribution in [2.45, 2.75) is 53.4 Å². The minimum Gasteiger partial charge on any atom is -0.465 e. The number of esters is 1. The van der Waals surface area contributed by atoms with Crippen molar-refractivity contribution in [3.63, 3.8) is 0 Å². The van der Waals surface area contributed by atoms with Crippen LogP contribution in [0.25, 0.3) is 0 Å². The maximum absolute atomic E-state index is 12.3. The number of aromatic nitrogens is 1. The molecule has 0 N–H and O–H groups in total. The summed E-state index contributed by atoms with van der Waals surface area (Å²) >= 11 is 0. The summed E-state index contributed by atoms with van der Waals surface area (Å²) in [6, 6.07) is 21.1. The number of ether oxygens (including phenoxy) is 1. The number of hydrogen-bond donors (Lipinski definition) is 0. The van der Waals surface area contributed by atoms with E-state index in [1.54, 1.807) is 0 Å². The zero-order chi connectivity index (χ0) is 22.4. The molecule has 1 aromatic heterocycles. The van der Waals surface area contributed by atoms with Crippen molar-refractivity contribution in [1.82, 2.24) is 9.47 Å². The van der Waals surface area contributed by atoms with Gasteiger partial charge in [0, 0.05) is 37.6 Å². The molecule has 0 radical (unpaired) electrons. The van der Waals surface area contributed by atoms with Crippen LogP contribution in [0.15, 0.2) is 66.9 Å². The zero-order valence-electron chi connectivity index (χ0n) is 19.3. The number of benzene rings is 2. The maximum atomic E-state index is 12.3. The molecule has 4 nitrogen and oxygen atoms in total. The minimum absolute atomic E-state index is 0.282. The lowest BCUT2D eigenvalue weighted by Crippen LogP contribution is -2.36. The molecule has 2 aromatic carbocycles. The molecule has 1 heterocycles. The van der Waals surface area contributed by atoms with Crippen molar-refractivity contribution in [3.05, 3.63) is 94.8 Å². The van der Waals surface area contributed by atoms with Gasteiger partial charge in [0.2, 0.25) is 0 Å². The lowest BCUT2D eigenvalue weighted by atomic mass is 10.0. The molecule has 31 heavy (non-hydrogen) atoms. The number of carbonyl (C=O) groups excluding carboxylic acids is 1. The Kier molecular flexibility index (Phi) is 7.69. The van der Waals surface area contributed by atoms with Gasteiger partial charge in [-0.3, -0.25) is 4.90 Å². The molecule has 0 spiro atoms. The lowest BCUT2D eigenvalue weighted by molar-refractivity contribution is 0.0596. The number of carbonyl (C=O) groups is 1. The van der Waals surface area contributed by atoms with Crippen LogP contribution in [0, 0.1) is 12.8 Å². The van der Waals surface area contributed by atoms with Crippen LogP contribution in [0.3, 0.4) is 0 Å². The van der Waals surface area contributed by atoms with Gasteiger partial charge < -0.3 is 9.30 Å². The number of rotatable bonds is 9. The summed E-state index contributed by atoms with van der Waals surface area (Å²) in [5, 5.41) is 0. The molecule has 4 heteroatoms. The Labute approximate surface area is 186 Å². The highest BCUT2D eigenvalue weighted by atomic mass is 16.5. The third-order valence-corrected chi connectivity index (χ3v) is 6.10. The molecule has 0 aliphatic carbocycles. The van der Waals surface area contributed by atoms with Crippen molar-refractivity contribution in [1.29, 1.82) is 0 Å². The van der Waals surface area contributed by atoms with Crippen LogP contribution in [0.2, 0.25) is 0 Å². The van der Waals surface area contributed by atoms with Crippen LogP contribution in [0.1, 0.15) is 53.5 Å². The molecule has 0 aliphatic heterocycles. The Bertz CT molecular complexity index is 988. The van der Waals surface area contributed by atoms with Gasteiger partial charge >= 0.3 is 5.97 Å². The van der Waals surface area contributed by atoms with Gasteiger partial charge in [-0.2, -0.15) is 0 Å². The second-order valence-electron chi connectivity index (χ2n) is 8.65. The number of aryl methyl sites for hydroxylation is 1. The highest BCUT2D eigenvalue weighted by molar-refractivity contribution is 5.90. The molecule has 0 saturated carbocycles. The molecule has 0 aliphatic rings. The first-order chi connectivity index (χ1) is 14.9. The Morgan fingerprint density at radius 2 is 1.68 bits per heavy atom. The fraction of sp³-hybridized carbons (Fsp3) is 0.370. The van der Waals surface area contributed by atoms with E-state index in [-0.39, 0.29) is 5.97 Å². The van der Waals surface area contributed by atoms with Crippen LogP contribution in [-0.2, 0) is 24.4 Å². The highest BCUT2D eigenvalue weighted by Crippen LogP contribution is 2.21. The summed E-state index contributed by atoms with van der Waals surface area (Å²) < 4.78 is 7.32.